The highest BCUT2D eigenvalue weighted by atomic mass is 19.1. The lowest BCUT2D eigenvalue weighted by molar-refractivity contribution is 0.628. The molecule has 0 saturated heterocycles. The summed E-state index contributed by atoms with van der Waals surface area (Å²) in [6, 6.07) is 6.23. The van der Waals surface area contributed by atoms with Crippen molar-refractivity contribution in [3.63, 3.8) is 0 Å². The maximum absolute atomic E-state index is 13.4. The van der Waals surface area contributed by atoms with Gasteiger partial charge in [0.25, 0.3) is 0 Å². The zero-order valence-corrected chi connectivity index (χ0v) is 13.3. The molecule has 0 radical (unpaired) electrons. The topological polar surface area (TPSA) is 93.7 Å². The van der Waals surface area contributed by atoms with Crippen molar-refractivity contribution >= 4 is 28.5 Å². The molecule has 3 aromatic rings. The SMILES string of the molecule is Cn1ncc2c(Nc3cccc(F)c3)nc(NCC3(N)CC3)nc21. The van der Waals surface area contributed by atoms with Crippen LogP contribution in [0.4, 0.5) is 21.8 Å². The summed E-state index contributed by atoms with van der Waals surface area (Å²) in [6.07, 6.45) is 3.69. The number of nitrogens with two attached hydrogens (primary N) is 1. The van der Waals surface area contributed by atoms with Crippen molar-refractivity contribution < 1.29 is 4.39 Å². The fraction of sp³-hybridized carbons (Fsp3) is 0.312. The van der Waals surface area contributed by atoms with Gasteiger partial charge in [-0.2, -0.15) is 15.1 Å². The van der Waals surface area contributed by atoms with Gasteiger partial charge >= 0.3 is 0 Å². The Morgan fingerprint density at radius 2 is 2.17 bits per heavy atom. The molecule has 2 aromatic heterocycles. The molecule has 0 unspecified atom stereocenters. The third-order valence-electron chi connectivity index (χ3n) is 4.17. The van der Waals surface area contributed by atoms with Crippen LogP contribution in [0.5, 0.6) is 0 Å². The standard InChI is InChI=1S/C16H18FN7/c1-24-14-12(8-20-24)13(21-11-4-2-3-10(17)7-11)22-15(23-14)19-9-16(18)5-6-16/h2-4,7-8H,5-6,9,18H2,1H3,(H2,19,21,22,23). The fourth-order valence-corrected chi connectivity index (χ4v) is 2.49. The van der Waals surface area contributed by atoms with E-state index in [1.165, 1.54) is 12.1 Å². The van der Waals surface area contributed by atoms with Crippen LogP contribution in [0, 0.1) is 5.82 Å². The van der Waals surface area contributed by atoms with Crippen molar-refractivity contribution in [1.29, 1.82) is 0 Å². The summed E-state index contributed by atoms with van der Waals surface area (Å²) in [5.74, 6) is 0.735. The van der Waals surface area contributed by atoms with Crippen LogP contribution in [-0.4, -0.2) is 31.8 Å². The Hall–Kier alpha value is -2.74. The number of nitrogens with one attached hydrogen (secondary N) is 2. The summed E-state index contributed by atoms with van der Waals surface area (Å²) in [7, 11) is 1.82. The molecule has 124 valence electrons. The molecule has 24 heavy (non-hydrogen) atoms. The van der Waals surface area contributed by atoms with Gasteiger partial charge in [0.05, 0.1) is 11.6 Å². The summed E-state index contributed by atoms with van der Waals surface area (Å²) in [6.45, 7) is 0.621. The van der Waals surface area contributed by atoms with Gasteiger partial charge in [-0.3, -0.25) is 4.68 Å². The number of anilines is 3. The number of hydrogen-bond acceptors (Lipinski definition) is 6. The third-order valence-corrected chi connectivity index (χ3v) is 4.17. The Kier molecular flexibility index (Phi) is 3.34. The van der Waals surface area contributed by atoms with E-state index in [0.717, 1.165) is 18.2 Å². The number of halogens is 1. The molecular weight excluding hydrogens is 309 g/mol. The lowest BCUT2D eigenvalue weighted by Gasteiger charge is -2.12. The van der Waals surface area contributed by atoms with Gasteiger partial charge in [-0.05, 0) is 31.0 Å². The van der Waals surface area contributed by atoms with E-state index in [4.69, 9.17) is 5.73 Å². The normalized spacial score (nSPS) is 15.5. The summed E-state index contributed by atoms with van der Waals surface area (Å²) < 4.78 is 15.1. The Morgan fingerprint density at radius 3 is 2.92 bits per heavy atom. The highest BCUT2D eigenvalue weighted by molar-refractivity contribution is 5.89. The van der Waals surface area contributed by atoms with E-state index < -0.39 is 0 Å². The number of rotatable bonds is 5. The quantitative estimate of drug-likeness (QED) is 0.665. The summed E-state index contributed by atoms with van der Waals surface area (Å²) in [4.78, 5) is 9.00. The molecule has 0 amide bonds. The second-order valence-corrected chi connectivity index (χ2v) is 6.25. The summed E-state index contributed by atoms with van der Waals surface area (Å²) >= 11 is 0. The van der Waals surface area contributed by atoms with Gasteiger partial charge in [0.1, 0.15) is 11.6 Å². The minimum absolute atomic E-state index is 0.152. The molecule has 1 fully saturated rings. The van der Waals surface area contributed by atoms with Crippen LogP contribution < -0.4 is 16.4 Å². The molecule has 0 spiro atoms. The van der Waals surface area contributed by atoms with Crippen molar-refractivity contribution in [2.45, 2.75) is 18.4 Å². The van der Waals surface area contributed by atoms with Crippen molar-refractivity contribution in [2.75, 3.05) is 17.2 Å². The fourth-order valence-electron chi connectivity index (χ4n) is 2.49. The number of fused-ring (bicyclic) bond motifs is 1. The number of nitrogens with zero attached hydrogens (tertiary/aromatic N) is 4. The first-order valence-electron chi connectivity index (χ1n) is 7.78. The van der Waals surface area contributed by atoms with Crippen LogP contribution in [-0.2, 0) is 7.05 Å². The highest BCUT2D eigenvalue weighted by Crippen LogP contribution is 2.32. The minimum atomic E-state index is -0.311. The zero-order chi connectivity index (χ0) is 16.7. The van der Waals surface area contributed by atoms with Gasteiger partial charge in [0, 0.05) is 24.8 Å². The summed E-state index contributed by atoms with van der Waals surface area (Å²) in [5.41, 5.74) is 7.25. The summed E-state index contributed by atoms with van der Waals surface area (Å²) in [5, 5.41) is 11.3. The molecule has 7 nitrogen and oxygen atoms in total. The van der Waals surface area contributed by atoms with Crippen molar-refractivity contribution in [2.24, 2.45) is 12.8 Å². The van der Waals surface area contributed by atoms with E-state index in [0.29, 0.717) is 29.6 Å². The van der Waals surface area contributed by atoms with E-state index in [1.54, 1.807) is 23.0 Å². The first kappa shape index (κ1) is 14.8. The van der Waals surface area contributed by atoms with Crippen LogP contribution in [0.25, 0.3) is 11.0 Å². The highest BCUT2D eigenvalue weighted by Gasteiger charge is 2.38. The number of aromatic nitrogens is 4. The first-order chi connectivity index (χ1) is 11.5. The molecule has 1 aliphatic carbocycles. The average Bonchev–Trinajstić information content (AvgIpc) is 3.18. The predicted molar refractivity (Wildman–Crippen MR) is 90.6 cm³/mol. The lowest BCUT2D eigenvalue weighted by atomic mass is 10.3. The number of hydrogen-bond donors (Lipinski definition) is 3. The Bertz CT molecular complexity index is 901. The first-order valence-corrected chi connectivity index (χ1v) is 7.78. The molecule has 2 heterocycles. The molecule has 8 heteroatoms. The molecule has 1 aliphatic rings. The van der Waals surface area contributed by atoms with E-state index >= 15 is 0 Å². The maximum Gasteiger partial charge on any atom is 0.226 e. The second kappa shape index (κ2) is 5.41. The van der Waals surface area contributed by atoms with Gasteiger partial charge in [-0.15, -0.1) is 0 Å². The van der Waals surface area contributed by atoms with E-state index in [-0.39, 0.29) is 11.4 Å². The van der Waals surface area contributed by atoms with Crippen LogP contribution in [0.15, 0.2) is 30.5 Å². The van der Waals surface area contributed by atoms with Gasteiger partial charge in [-0.1, -0.05) is 6.07 Å². The Morgan fingerprint density at radius 1 is 1.33 bits per heavy atom. The maximum atomic E-state index is 13.4. The van der Waals surface area contributed by atoms with Crippen molar-refractivity contribution in [3.05, 3.63) is 36.3 Å². The molecule has 1 saturated carbocycles. The molecule has 4 N–H and O–H groups in total. The molecule has 1 aromatic carbocycles. The van der Waals surface area contributed by atoms with Gasteiger partial charge in [-0.25, -0.2) is 4.39 Å². The van der Waals surface area contributed by atoms with E-state index in [9.17, 15) is 4.39 Å². The van der Waals surface area contributed by atoms with Crippen LogP contribution in [0.2, 0.25) is 0 Å². The molecular formula is C16H18FN7. The number of aryl methyl sites for hydroxylation is 1. The smallest absolute Gasteiger partial charge is 0.226 e. The molecule has 0 aliphatic heterocycles. The van der Waals surface area contributed by atoms with Crippen LogP contribution >= 0.6 is 0 Å². The van der Waals surface area contributed by atoms with Gasteiger partial charge in [0.15, 0.2) is 5.65 Å². The zero-order valence-electron chi connectivity index (χ0n) is 13.3. The van der Waals surface area contributed by atoms with Crippen molar-refractivity contribution in [3.8, 4) is 0 Å². The van der Waals surface area contributed by atoms with Crippen molar-refractivity contribution in [1.82, 2.24) is 19.7 Å². The van der Waals surface area contributed by atoms with Gasteiger partial charge in [0.2, 0.25) is 5.95 Å². The molecule has 4 rings (SSSR count). The third kappa shape index (κ3) is 2.88. The minimum Gasteiger partial charge on any atom is -0.352 e. The average molecular weight is 327 g/mol. The van der Waals surface area contributed by atoms with E-state index in [1.807, 2.05) is 7.05 Å². The second-order valence-electron chi connectivity index (χ2n) is 6.25. The Labute approximate surface area is 138 Å². The monoisotopic (exact) mass is 327 g/mol. The van der Waals surface area contributed by atoms with E-state index in [2.05, 4.69) is 25.7 Å². The van der Waals surface area contributed by atoms with Gasteiger partial charge < -0.3 is 16.4 Å². The van der Waals surface area contributed by atoms with Crippen LogP contribution in [0.1, 0.15) is 12.8 Å². The number of benzene rings is 1. The van der Waals surface area contributed by atoms with Crippen LogP contribution in [0.3, 0.4) is 0 Å². The Balaban J connectivity index is 1.69. The lowest BCUT2D eigenvalue weighted by Crippen LogP contribution is -2.31. The largest absolute Gasteiger partial charge is 0.352 e. The molecule has 0 bridgehead atoms. The molecule has 0 atom stereocenters. The predicted octanol–water partition coefficient (Wildman–Crippen LogP) is 2.15.